The number of likely N-dealkylation sites (tertiary alicyclic amines) is 1. The Morgan fingerprint density at radius 3 is 2.05 bits per heavy atom. The number of aromatic nitrogens is 1. The van der Waals surface area contributed by atoms with Gasteiger partial charge in [-0.05, 0) is 62.1 Å². The fourth-order valence-corrected chi connectivity index (χ4v) is 5.28. The summed E-state index contributed by atoms with van der Waals surface area (Å²) >= 11 is 0. The zero-order valence-electron chi connectivity index (χ0n) is 23.7. The molecule has 2 aromatic carbocycles. The number of carboxylic acids is 3. The second-order valence-electron chi connectivity index (χ2n) is 10.8. The van der Waals surface area contributed by atoms with E-state index >= 15 is 0 Å². The second-order valence-corrected chi connectivity index (χ2v) is 10.8. The molecule has 4 rings (SSSR count). The van der Waals surface area contributed by atoms with Crippen LogP contribution in [0.3, 0.4) is 0 Å². The predicted molar refractivity (Wildman–Crippen MR) is 151 cm³/mol. The highest BCUT2D eigenvalue weighted by Gasteiger charge is 2.41. The molecule has 6 N–H and O–H groups in total. The number of aliphatic carboxylic acids is 3. The van der Waals surface area contributed by atoms with Crippen molar-refractivity contribution in [2.24, 2.45) is 0 Å². The first-order valence-corrected chi connectivity index (χ1v) is 13.4. The van der Waals surface area contributed by atoms with Crippen LogP contribution in [-0.2, 0) is 31.3 Å². The first-order valence-electron chi connectivity index (χ1n) is 13.4. The number of carbonyl (C=O) groups is 4. The lowest BCUT2D eigenvalue weighted by Gasteiger charge is -2.42. The van der Waals surface area contributed by atoms with Gasteiger partial charge >= 0.3 is 17.9 Å². The Morgan fingerprint density at radius 2 is 1.55 bits per heavy atom. The number of halogens is 1. The molecular weight excluding hydrogens is 549 g/mol. The quantitative estimate of drug-likeness (QED) is 0.220. The zero-order chi connectivity index (χ0) is 31.2. The summed E-state index contributed by atoms with van der Waals surface area (Å²) in [6.07, 6.45) is -0.684. The van der Waals surface area contributed by atoms with Crippen molar-refractivity contribution < 1.29 is 44.0 Å². The van der Waals surface area contributed by atoms with Crippen LogP contribution in [0.1, 0.15) is 55.0 Å². The molecule has 11 nitrogen and oxygen atoms in total. The minimum Gasteiger partial charge on any atom is -0.481 e. The van der Waals surface area contributed by atoms with Crippen LogP contribution in [0.25, 0.3) is 10.9 Å². The van der Waals surface area contributed by atoms with Gasteiger partial charge in [0.1, 0.15) is 5.82 Å². The normalized spacial score (nSPS) is 15.0. The molecule has 0 unspecified atom stereocenters. The average Bonchev–Trinajstić information content (AvgIpc) is 3.19. The summed E-state index contributed by atoms with van der Waals surface area (Å²) in [4.78, 5) is 48.4. The number of carbonyl (C=O) groups excluding carboxylic acids is 1. The van der Waals surface area contributed by atoms with E-state index in [2.05, 4.69) is 47.2 Å². The Kier molecular flexibility index (Phi) is 10.1. The van der Waals surface area contributed by atoms with Gasteiger partial charge in [-0.3, -0.25) is 19.3 Å². The average molecular weight is 586 g/mol. The van der Waals surface area contributed by atoms with Crippen molar-refractivity contribution in [1.29, 1.82) is 0 Å². The molecule has 226 valence electrons. The third-order valence-corrected chi connectivity index (χ3v) is 7.51. The van der Waals surface area contributed by atoms with E-state index in [4.69, 9.17) is 20.4 Å². The molecule has 1 aliphatic heterocycles. The number of nitrogens with zero attached hydrogens (tertiary/aromatic N) is 1. The molecule has 0 saturated carbocycles. The summed E-state index contributed by atoms with van der Waals surface area (Å²) in [5, 5.41) is 38.3. The number of aliphatic hydroxyl groups is 1. The number of benzene rings is 2. The molecule has 1 fully saturated rings. The molecule has 2 heterocycles. The lowest BCUT2D eigenvalue weighted by molar-refractivity contribution is -0.170. The second kappa shape index (κ2) is 13.1. The molecule has 3 aromatic rings. The van der Waals surface area contributed by atoms with Crippen LogP contribution in [0.15, 0.2) is 42.5 Å². The van der Waals surface area contributed by atoms with Crippen molar-refractivity contribution in [3.8, 4) is 0 Å². The Morgan fingerprint density at radius 1 is 0.976 bits per heavy atom. The molecular formula is C30H36FN3O8. The van der Waals surface area contributed by atoms with Crippen LogP contribution >= 0.6 is 0 Å². The lowest BCUT2D eigenvalue weighted by Crippen LogP contribution is -2.52. The monoisotopic (exact) mass is 585 g/mol. The number of amides is 1. The van der Waals surface area contributed by atoms with Gasteiger partial charge in [-0.25, -0.2) is 9.18 Å². The molecule has 12 heteroatoms. The maximum absolute atomic E-state index is 13.4. The summed E-state index contributed by atoms with van der Waals surface area (Å²) in [6, 6.07) is 13.1. The largest absolute Gasteiger partial charge is 0.481 e. The standard InChI is InChI=1S/C24H28FN3O.C6H8O7/c1-16-4-9-22-21(14-16)17(2)23(26-22)15-28-12-10-24(11-13-28,27-18(3)29)19-5-7-20(25)8-6-19;7-3(8)1-6(13,5(11)12)2-4(9)10/h4-9,14,26H,10-13,15H2,1-3H3,(H,27,29);13H,1-2H2,(H,7,8)(H,9,10)(H,11,12). The Hall–Kier alpha value is -4.29. The number of piperidine rings is 1. The van der Waals surface area contributed by atoms with E-state index in [1.54, 1.807) is 19.1 Å². The molecule has 42 heavy (non-hydrogen) atoms. The Bertz CT molecular complexity index is 1440. The van der Waals surface area contributed by atoms with Crippen molar-refractivity contribution in [3.63, 3.8) is 0 Å². The van der Waals surface area contributed by atoms with Gasteiger partial charge in [0.05, 0.1) is 18.4 Å². The number of carboxylic acid groups (broad SMARTS) is 3. The van der Waals surface area contributed by atoms with Gasteiger partial charge in [0.25, 0.3) is 0 Å². The highest BCUT2D eigenvalue weighted by molar-refractivity contribution is 5.88. The van der Waals surface area contributed by atoms with Crippen LogP contribution in [-0.4, -0.2) is 72.8 Å². The highest BCUT2D eigenvalue weighted by Crippen LogP contribution is 2.34. The SMILES string of the molecule is CC(=O)NC1(c2ccc(F)cc2)CCN(Cc2[nH]c3ccc(C)cc3c2C)CC1.O=C(O)CC(O)(CC(=O)O)C(=O)O. The summed E-state index contributed by atoms with van der Waals surface area (Å²) < 4.78 is 13.4. The third kappa shape index (κ3) is 7.92. The number of hydrogen-bond donors (Lipinski definition) is 6. The van der Waals surface area contributed by atoms with E-state index in [9.17, 15) is 23.6 Å². The molecule has 1 aromatic heterocycles. The summed E-state index contributed by atoms with van der Waals surface area (Å²) in [7, 11) is 0. The van der Waals surface area contributed by atoms with Crippen molar-refractivity contribution in [2.45, 2.75) is 64.1 Å². The van der Waals surface area contributed by atoms with E-state index in [1.807, 2.05) is 0 Å². The molecule has 0 radical (unpaired) electrons. The molecule has 1 saturated heterocycles. The summed E-state index contributed by atoms with van der Waals surface area (Å²) in [6.45, 7) is 8.44. The minimum absolute atomic E-state index is 0.0513. The minimum atomic E-state index is -2.74. The van der Waals surface area contributed by atoms with Crippen LogP contribution in [0, 0.1) is 19.7 Å². The first-order chi connectivity index (χ1) is 19.6. The Labute approximate surface area is 242 Å². The van der Waals surface area contributed by atoms with Gasteiger partial charge in [0.2, 0.25) is 5.91 Å². The molecule has 0 aliphatic carbocycles. The topological polar surface area (TPSA) is 180 Å². The van der Waals surface area contributed by atoms with Crippen molar-refractivity contribution >= 4 is 34.7 Å². The Balaban J connectivity index is 0.000000316. The van der Waals surface area contributed by atoms with E-state index in [0.29, 0.717) is 0 Å². The maximum atomic E-state index is 13.4. The van der Waals surface area contributed by atoms with Gasteiger partial charge in [-0.2, -0.15) is 0 Å². The maximum Gasteiger partial charge on any atom is 0.336 e. The smallest absolute Gasteiger partial charge is 0.336 e. The van der Waals surface area contributed by atoms with E-state index in [0.717, 1.165) is 38.0 Å². The van der Waals surface area contributed by atoms with Gasteiger partial charge in [-0.1, -0.05) is 23.8 Å². The lowest BCUT2D eigenvalue weighted by atomic mass is 9.80. The number of aryl methyl sites for hydroxylation is 2. The van der Waals surface area contributed by atoms with Crippen molar-refractivity contribution in [3.05, 3.63) is 70.7 Å². The molecule has 1 aliphatic rings. The van der Waals surface area contributed by atoms with Gasteiger partial charge < -0.3 is 30.7 Å². The van der Waals surface area contributed by atoms with Gasteiger partial charge in [0, 0.05) is 43.2 Å². The fourth-order valence-electron chi connectivity index (χ4n) is 5.28. The first kappa shape index (κ1) is 32.2. The van der Waals surface area contributed by atoms with Crippen LogP contribution in [0.2, 0.25) is 0 Å². The zero-order valence-corrected chi connectivity index (χ0v) is 23.7. The molecule has 0 atom stereocenters. The number of fused-ring (bicyclic) bond motifs is 1. The number of aromatic amines is 1. The van der Waals surface area contributed by atoms with E-state index in [1.165, 1.54) is 39.9 Å². The van der Waals surface area contributed by atoms with E-state index < -0.39 is 41.9 Å². The van der Waals surface area contributed by atoms with Crippen molar-refractivity contribution in [1.82, 2.24) is 15.2 Å². The predicted octanol–water partition coefficient (Wildman–Crippen LogP) is 3.30. The third-order valence-electron chi connectivity index (χ3n) is 7.51. The summed E-state index contributed by atoms with van der Waals surface area (Å²) in [5.74, 6) is -5.33. The number of nitrogens with one attached hydrogen (secondary N) is 2. The summed E-state index contributed by atoms with van der Waals surface area (Å²) in [5.41, 5.74) is 2.81. The number of H-pyrrole nitrogens is 1. The fraction of sp³-hybridized carbons (Fsp3) is 0.400. The van der Waals surface area contributed by atoms with Crippen LogP contribution in [0.5, 0.6) is 0 Å². The van der Waals surface area contributed by atoms with Crippen LogP contribution in [0.4, 0.5) is 4.39 Å². The van der Waals surface area contributed by atoms with Crippen molar-refractivity contribution in [2.75, 3.05) is 13.1 Å². The molecule has 1 amide bonds. The van der Waals surface area contributed by atoms with E-state index in [-0.39, 0.29) is 11.7 Å². The number of rotatable bonds is 9. The molecule has 0 bridgehead atoms. The van der Waals surface area contributed by atoms with Gasteiger partial charge in [0.15, 0.2) is 5.60 Å². The number of hydrogen-bond acceptors (Lipinski definition) is 6. The van der Waals surface area contributed by atoms with Gasteiger partial charge in [-0.15, -0.1) is 0 Å². The molecule has 0 spiro atoms. The highest BCUT2D eigenvalue weighted by atomic mass is 19.1. The van der Waals surface area contributed by atoms with Crippen LogP contribution < -0.4 is 5.32 Å².